The predicted octanol–water partition coefficient (Wildman–Crippen LogP) is 15.3. The molecule has 0 heterocycles. The molecule has 9 nitrogen and oxygen atoms in total. The van der Waals surface area contributed by atoms with Crippen molar-refractivity contribution in [3.8, 4) is 23.0 Å². The molecule has 0 amide bonds. The van der Waals surface area contributed by atoms with Crippen molar-refractivity contribution in [1.29, 1.82) is 0 Å². The van der Waals surface area contributed by atoms with Crippen molar-refractivity contribution >= 4 is 35.2 Å². The van der Waals surface area contributed by atoms with E-state index in [0.29, 0.717) is 46.3 Å². The fourth-order valence-electron chi connectivity index (χ4n) is 6.66. The Hall–Kier alpha value is -6.09. The number of carbonyl (C=O) groups excluding carboxylic acids is 2. The molecule has 9 heteroatoms. The highest BCUT2D eigenvalue weighted by molar-refractivity contribution is 5.93. The zero-order chi connectivity index (χ0) is 43.5. The Morgan fingerprint density at radius 1 is 0.435 bits per heavy atom. The molecular formula is C53H63N3O6. The summed E-state index contributed by atoms with van der Waals surface area (Å²) in [7, 11) is 0. The smallest absolute Gasteiger partial charge is 0.343 e. The van der Waals surface area contributed by atoms with Crippen molar-refractivity contribution in [2.45, 2.75) is 117 Å². The van der Waals surface area contributed by atoms with Crippen molar-refractivity contribution in [2.75, 3.05) is 13.2 Å². The van der Waals surface area contributed by atoms with Crippen LogP contribution in [0.15, 0.2) is 137 Å². The summed E-state index contributed by atoms with van der Waals surface area (Å²) in [6.07, 6.45) is 21.9. The van der Waals surface area contributed by atoms with Crippen LogP contribution in [-0.2, 0) is 0 Å². The Labute approximate surface area is 368 Å². The van der Waals surface area contributed by atoms with E-state index in [2.05, 4.69) is 29.1 Å². The fraction of sp³-hybridized carbons (Fsp3) is 0.377. The van der Waals surface area contributed by atoms with E-state index in [4.69, 9.17) is 18.9 Å². The summed E-state index contributed by atoms with van der Waals surface area (Å²) in [5.74, 6) is 1.42. The number of ether oxygens (including phenoxy) is 4. The van der Waals surface area contributed by atoms with Gasteiger partial charge in [-0.3, -0.25) is 4.99 Å². The van der Waals surface area contributed by atoms with Crippen LogP contribution in [-0.4, -0.2) is 31.4 Å². The molecule has 0 radical (unpaired) electrons. The summed E-state index contributed by atoms with van der Waals surface area (Å²) in [6.45, 7) is 5.87. The monoisotopic (exact) mass is 837 g/mol. The maximum atomic E-state index is 13.0. The minimum absolute atomic E-state index is 0.360. The largest absolute Gasteiger partial charge is 0.494 e. The van der Waals surface area contributed by atoms with E-state index in [0.717, 1.165) is 36.5 Å². The van der Waals surface area contributed by atoms with Crippen LogP contribution < -0.4 is 18.9 Å². The highest BCUT2D eigenvalue weighted by Crippen LogP contribution is 2.25. The van der Waals surface area contributed by atoms with Gasteiger partial charge < -0.3 is 18.9 Å². The Morgan fingerprint density at radius 2 is 0.855 bits per heavy atom. The van der Waals surface area contributed by atoms with Gasteiger partial charge in [-0.2, -0.15) is 10.2 Å². The molecule has 0 unspecified atom stereocenters. The summed E-state index contributed by atoms with van der Waals surface area (Å²) in [5.41, 5.74) is 3.52. The Bertz CT molecular complexity index is 2100. The standard InChI is InChI=1S/C53H63N3O6/c1-3-5-7-9-11-12-13-14-16-18-39-60-49-34-26-45(27-35-49)55-56-46-28-36-51(37-29-46)62-53(58)44-20-19-21-47(40-44)54-41-42-22-30-50(31-23-42)61-52(57)43-24-32-48(33-25-43)59-38-17-15-10-8-6-4-2/h19-37,40-41H,3-18,38-39H2,1-2H3. The van der Waals surface area contributed by atoms with Gasteiger partial charge in [-0.1, -0.05) is 110 Å². The number of aliphatic imine (C=N–C) groups is 1. The second kappa shape index (κ2) is 27.7. The first kappa shape index (κ1) is 47.0. The number of carbonyl (C=O) groups is 2. The second-order valence-corrected chi connectivity index (χ2v) is 15.5. The topological polar surface area (TPSA) is 108 Å². The molecule has 0 N–H and O–H groups in total. The van der Waals surface area contributed by atoms with Gasteiger partial charge >= 0.3 is 11.9 Å². The number of unbranched alkanes of at least 4 members (excludes halogenated alkanes) is 14. The van der Waals surface area contributed by atoms with Crippen LogP contribution in [0.25, 0.3) is 0 Å². The minimum atomic E-state index is -0.506. The third kappa shape index (κ3) is 17.9. The summed E-state index contributed by atoms with van der Waals surface area (Å²) < 4.78 is 22.9. The first-order valence-electron chi connectivity index (χ1n) is 22.6. The molecule has 5 aromatic carbocycles. The van der Waals surface area contributed by atoms with E-state index in [1.54, 1.807) is 103 Å². The Morgan fingerprint density at radius 3 is 1.35 bits per heavy atom. The van der Waals surface area contributed by atoms with Gasteiger partial charge in [-0.15, -0.1) is 0 Å². The average Bonchev–Trinajstić information content (AvgIpc) is 3.30. The van der Waals surface area contributed by atoms with Crippen molar-refractivity contribution in [2.24, 2.45) is 15.2 Å². The van der Waals surface area contributed by atoms with Crippen LogP contribution in [0.5, 0.6) is 23.0 Å². The van der Waals surface area contributed by atoms with Gasteiger partial charge in [0.1, 0.15) is 23.0 Å². The molecule has 0 atom stereocenters. The number of benzene rings is 5. The number of hydrogen-bond donors (Lipinski definition) is 0. The normalized spacial score (nSPS) is 11.3. The first-order valence-corrected chi connectivity index (χ1v) is 22.6. The molecule has 62 heavy (non-hydrogen) atoms. The molecular weight excluding hydrogens is 775 g/mol. The van der Waals surface area contributed by atoms with Crippen molar-refractivity contribution in [3.05, 3.63) is 138 Å². The van der Waals surface area contributed by atoms with Gasteiger partial charge in [0.25, 0.3) is 0 Å². The zero-order valence-electron chi connectivity index (χ0n) is 36.6. The minimum Gasteiger partial charge on any atom is -0.494 e. The van der Waals surface area contributed by atoms with E-state index in [9.17, 15) is 9.59 Å². The first-order chi connectivity index (χ1) is 30.5. The van der Waals surface area contributed by atoms with Gasteiger partial charge in [-0.25, -0.2) is 9.59 Å². The SMILES string of the molecule is CCCCCCCCCCCCOc1ccc(N=Nc2ccc(OC(=O)c3cccc(N=Cc4ccc(OC(=O)c5ccc(OCCCCCCCC)cc5)cc4)c3)cc2)cc1. The average molecular weight is 838 g/mol. The highest BCUT2D eigenvalue weighted by atomic mass is 16.5. The third-order valence-electron chi connectivity index (χ3n) is 10.3. The van der Waals surface area contributed by atoms with E-state index in [-0.39, 0.29) is 0 Å². The molecule has 5 aromatic rings. The molecule has 0 aliphatic carbocycles. The maximum Gasteiger partial charge on any atom is 0.343 e. The summed E-state index contributed by atoms with van der Waals surface area (Å²) in [4.78, 5) is 30.3. The number of azo groups is 1. The van der Waals surface area contributed by atoms with Gasteiger partial charge in [0.2, 0.25) is 0 Å². The lowest BCUT2D eigenvalue weighted by atomic mass is 10.1. The number of hydrogen-bond acceptors (Lipinski definition) is 9. The molecule has 5 rings (SSSR count). The maximum absolute atomic E-state index is 13.0. The van der Waals surface area contributed by atoms with Crippen LogP contribution in [0, 0.1) is 0 Å². The predicted molar refractivity (Wildman–Crippen MR) is 250 cm³/mol. The zero-order valence-corrected chi connectivity index (χ0v) is 36.6. The molecule has 0 aliphatic rings. The van der Waals surface area contributed by atoms with Crippen molar-refractivity contribution in [1.82, 2.24) is 0 Å². The third-order valence-corrected chi connectivity index (χ3v) is 10.3. The molecule has 0 saturated carbocycles. The van der Waals surface area contributed by atoms with E-state index in [1.165, 1.54) is 89.9 Å². The Kier molecular flexibility index (Phi) is 21.0. The molecule has 0 aromatic heterocycles. The van der Waals surface area contributed by atoms with Crippen molar-refractivity contribution in [3.63, 3.8) is 0 Å². The lowest BCUT2D eigenvalue weighted by Gasteiger charge is -2.08. The lowest BCUT2D eigenvalue weighted by Crippen LogP contribution is -2.08. The van der Waals surface area contributed by atoms with E-state index < -0.39 is 11.9 Å². The fourth-order valence-corrected chi connectivity index (χ4v) is 6.66. The molecule has 0 saturated heterocycles. The van der Waals surface area contributed by atoms with Gasteiger partial charge in [0.15, 0.2) is 0 Å². The van der Waals surface area contributed by atoms with Crippen LogP contribution in [0.2, 0.25) is 0 Å². The highest BCUT2D eigenvalue weighted by Gasteiger charge is 2.11. The van der Waals surface area contributed by atoms with Crippen LogP contribution in [0.3, 0.4) is 0 Å². The molecule has 0 bridgehead atoms. The number of esters is 2. The van der Waals surface area contributed by atoms with Crippen LogP contribution in [0.1, 0.15) is 143 Å². The van der Waals surface area contributed by atoms with Crippen LogP contribution in [0.4, 0.5) is 17.1 Å². The number of nitrogens with zero attached hydrogens (tertiary/aromatic N) is 3. The van der Waals surface area contributed by atoms with Crippen LogP contribution >= 0.6 is 0 Å². The Balaban J connectivity index is 0.997. The van der Waals surface area contributed by atoms with E-state index >= 15 is 0 Å². The molecule has 0 spiro atoms. The molecule has 0 fully saturated rings. The number of rotatable bonds is 28. The summed E-state index contributed by atoms with van der Waals surface area (Å²) in [6, 6.07) is 35.4. The summed E-state index contributed by atoms with van der Waals surface area (Å²) >= 11 is 0. The second-order valence-electron chi connectivity index (χ2n) is 15.5. The molecule has 326 valence electrons. The van der Waals surface area contributed by atoms with Crippen molar-refractivity contribution < 1.29 is 28.5 Å². The van der Waals surface area contributed by atoms with E-state index in [1.807, 2.05) is 24.3 Å². The van der Waals surface area contributed by atoms with Gasteiger partial charge in [0.05, 0.1) is 41.4 Å². The summed E-state index contributed by atoms with van der Waals surface area (Å²) in [5, 5.41) is 8.66. The van der Waals surface area contributed by atoms with Gasteiger partial charge in [-0.05, 0) is 134 Å². The van der Waals surface area contributed by atoms with Gasteiger partial charge in [0, 0.05) is 6.21 Å². The quantitative estimate of drug-likeness (QED) is 0.0163. The lowest BCUT2D eigenvalue weighted by molar-refractivity contribution is 0.0725. The molecule has 0 aliphatic heterocycles.